The lowest BCUT2D eigenvalue weighted by Crippen LogP contribution is -2.20. The zero-order valence-corrected chi connectivity index (χ0v) is 14.1. The van der Waals surface area contributed by atoms with E-state index in [-0.39, 0.29) is 18.4 Å². The van der Waals surface area contributed by atoms with Gasteiger partial charge in [-0.2, -0.15) is 0 Å². The second-order valence-electron chi connectivity index (χ2n) is 5.83. The van der Waals surface area contributed by atoms with Gasteiger partial charge in [0.15, 0.2) is 6.61 Å². The van der Waals surface area contributed by atoms with E-state index in [1.807, 2.05) is 24.3 Å². The van der Waals surface area contributed by atoms with Crippen LogP contribution in [0.1, 0.15) is 32.3 Å². The Hall–Kier alpha value is -2.82. The first-order valence-corrected chi connectivity index (χ1v) is 7.84. The summed E-state index contributed by atoms with van der Waals surface area (Å²) in [6.07, 6.45) is 0. The van der Waals surface area contributed by atoms with Crippen LogP contribution in [0, 0.1) is 0 Å². The summed E-state index contributed by atoms with van der Waals surface area (Å²) < 4.78 is 5.54. The van der Waals surface area contributed by atoms with Crippen molar-refractivity contribution in [3.05, 3.63) is 54.1 Å². The molecule has 2 aromatic rings. The number of benzene rings is 2. The first-order valence-electron chi connectivity index (χ1n) is 7.84. The minimum atomic E-state index is -0.259. The van der Waals surface area contributed by atoms with Gasteiger partial charge in [0.1, 0.15) is 5.75 Å². The number of nitrogens with one attached hydrogen (secondary N) is 2. The highest BCUT2D eigenvalue weighted by molar-refractivity contribution is 5.94. The van der Waals surface area contributed by atoms with Gasteiger partial charge in [0.25, 0.3) is 5.91 Å². The van der Waals surface area contributed by atoms with Gasteiger partial charge in [0.2, 0.25) is 5.91 Å². The summed E-state index contributed by atoms with van der Waals surface area (Å²) in [6, 6.07) is 14.7. The van der Waals surface area contributed by atoms with E-state index in [0.717, 1.165) is 5.56 Å². The highest BCUT2D eigenvalue weighted by atomic mass is 16.5. The van der Waals surface area contributed by atoms with Gasteiger partial charge >= 0.3 is 0 Å². The summed E-state index contributed by atoms with van der Waals surface area (Å²) in [5, 5.41) is 5.42. The quantitative estimate of drug-likeness (QED) is 0.849. The minimum Gasteiger partial charge on any atom is -0.484 e. The fraction of sp³-hybridized carbons (Fsp3) is 0.263. The molecular formula is C19H22N2O3. The monoisotopic (exact) mass is 326 g/mol. The van der Waals surface area contributed by atoms with E-state index in [1.165, 1.54) is 6.92 Å². The average molecular weight is 326 g/mol. The third-order valence-corrected chi connectivity index (χ3v) is 3.36. The standard InChI is InChI=1S/C19H22N2O3/c1-13(2)15-6-4-9-18(10-15)24-12-19(23)21-17-8-5-7-16(11-17)20-14(3)22/h4-11,13H,12H2,1-3H3,(H,20,22)(H,21,23). The Balaban J connectivity index is 1.91. The number of carbonyl (C=O) groups is 2. The van der Waals surface area contributed by atoms with Gasteiger partial charge in [-0.3, -0.25) is 9.59 Å². The van der Waals surface area contributed by atoms with Crippen molar-refractivity contribution in [1.82, 2.24) is 0 Å². The number of ether oxygens (including phenoxy) is 1. The number of rotatable bonds is 6. The van der Waals surface area contributed by atoms with Gasteiger partial charge in [-0.25, -0.2) is 0 Å². The first kappa shape index (κ1) is 17.5. The Morgan fingerprint density at radius 2 is 1.67 bits per heavy atom. The fourth-order valence-corrected chi connectivity index (χ4v) is 2.19. The predicted octanol–water partition coefficient (Wildman–Crippen LogP) is 3.79. The molecule has 0 aromatic heterocycles. The summed E-state index contributed by atoms with van der Waals surface area (Å²) in [7, 11) is 0. The average Bonchev–Trinajstić information content (AvgIpc) is 2.53. The lowest BCUT2D eigenvalue weighted by molar-refractivity contribution is -0.118. The van der Waals surface area contributed by atoms with Crippen molar-refractivity contribution in [2.24, 2.45) is 0 Å². The predicted molar refractivity (Wildman–Crippen MR) is 95.4 cm³/mol. The molecule has 0 fully saturated rings. The second kappa shape index (κ2) is 8.15. The van der Waals surface area contributed by atoms with Crippen LogP contribution in [0.2, 0.25) is 0 Å². The SMILES string of the molecule is CC(=O)Nc1cccc(NC(=O)COc2cccc(C(C)C)c2)c1. The highest BCUT2D eigenvalue weighted by Gasteiger charge is 2.06. The molecule has 5 nitrogen and oxygen atoms in total. The van der Waals surface area contributed by atoms with Crippen LogP contribution in [-0.4, -0.2) is 18.4 Å². The molecule has 126 valence electrons. The molecular weight excluding hydrogens is 304 g/mol. The molecule has 5 heteroatoms. The molecule has 0 spiro atoms. The van der Waals surface area contributed by atoms with Crippen molar-refractivity contribution in [2.45, 2.75) is 26.7 Å². The molecule has 2 N–H and O–H groups in total. The molecule has 0 bridgehead atoms. The second-order valence-corrected chi connectivity index (χ2v) is 5.83. The maximum Gasteiger partial charge on any atom is 0.262 e. The molecule has 24 heavy (non-hydrogen) atoms. The van der Waals surface area contributed by atoms with Gasteiger partial charge in [0.05, 0.1) is 0 Å². The molecule has 0 saturated heterocycles. The maximum atomic E-state index is 12.0. The first-order chi connectivity index (χ1) is 11.4. The van der Waals surface area contributed by atoms with E-state index in [1.54, 1.807) is 24.3 Å². The Labute approximate surface area is 142 Å². The molecule has 0 heterocycles. The summed E-state index contributed by atoms with van der Waals surface area (Å²) in [6.45, 7) is 5.57. The Morgan fingerprint density at radius 1 is 1.00 bits per heavy atom. The van der Waals surface area contributed by atoms with Crippen molar-refractivity contribution in [3.63, 3.8) is 0 Å². The van der Waals surface area contributed by atoms with Crippen LogP contribution >= 0.6 is 0 Å². The molecule has 0 unspecified atom stereocenters. The van der Waals surface area contributed by atoms with Gasteiger partial charge < -0.3 is 15.4 Å². The number of amides is 2. The van der Waals surface area contributed by atoms with Crippen molar-refractivity contribution in [1.29, 1.82) is 0 Å². The minimum absolute atomic E-state index is 0.0775. The molecule has 0 aliphatic rings. The van der Waals surface area contributed by atoms with Crippen LogP contribution in [0.15, 0.2) is 48.5 Å². The molecule has 0 radical (unpaired) electrons. The van der Waals surface area contributed by atoms with Crippen LogP contribution in [-0.2, 0) is 9.59 Å². The summed E-state index contributed by atoms with van der Waals surface area (Å²) in [5.41, 5.74) is 2.40. The molecule has 0 aliphatic carbocycles. The zero-order valence-electron chi connectivity index (χ0n) is 14.1. The maximum absolute atomic E-state index is 12.0. The Morgan fingerprint density at radius 3 is 2.33 bits per heavy atom. The number of hydrogen-bond acceptors (Lipinski definition) is 3. The summed E-state index contributed by atoms with van der Waals surface area (Å²) in [5.74, 6) is 0.652. The van der Waals surface area contributed by atoms with E-state index in [9.17, 15) is 9.59 Å². The van der Waals surface area contributed by atoms with Crippen molar-refractivity contribution >= 4 is 23.2 Å². The van der Waals surface area contributed by atoms with E-state index < -0.39 is 0 Å². The Bertz CT molecular complexity index is 726. The van der Waals surface area contributed by atoms with Gasteiger partial charge in [-0.1, -0.05) is 32.0 Å². The van der Waals surface area contributed by atoms with E-state index >= 15 is 0 Å². The third kappa shape index (κ3) is 5.43. The molecule has 2 aromatic carbocycles. The highest BCUT2D eigenvalue weighted by Crippen LogP contribution is 2.20. The third-order valence-electron chi connectivity index (χ3n) is 3.36. The van der Waals surface area contributed by atoms with Crippen LogP contribution in [0.5, 0.6) is 5.75 Å². The van der Waals surface area contributed by atoms with Crippen molar-refractivity contribution < 1.29 is 14.3 Å². The lowest BCUT2D eigenvalue weighted by Gasteiger charge is -2.11. The molecule has 0 saturated carbocycles. The summed E-state index contributed by atoms with van der Waals surface area (Å²) >= 11 is 0. The molecule has 2 rings (SSSR count). The number of carbonyl (C=O) groups excluding carboxylic acids is 2. The molecule has 0 aliphatic heterocycles. The van der Waals surface area contributed by atoms with Crippen LogP contribution < -0.4 is 15.4 Å². The number of hydrogen-bond donors (Lipinski definition) is 2. The molecule has 0 atom stereocenters. The molecule has 2 amide bonds. The van der Waals surface area contributed by atoms with Gasteiger partial charge in [-0.05, 0) is 41.8 Å². The van der Waals surface area contributed by atoms with Crippen LogP contribution in [0.3, 0.4) is 0 Å². The topological polar surface area (TPSA) is 67.4 Å². The fourth-order valence-electron chi connectivity index (χ4n) is 2.19. The smallest absolute Gasteiger partial charge is 0.262 e. The normalized spacial score (nSPS) is 10.3. The largest absolute Gasteiger partial charge is 0.484 e. The van der Waals surface area contributed by atoms with Crippen molar-refractivity contribution in [2.75, 3.05) is 17.2 Å². The van der Waals surface area contributed by atoms with Crippen molar-refractivity contribution in [3.8, 4) is 5.75 Å². The van der Waals surface area contributed by atoms with Crippen LogP contribution in [0.25, 0.3) is 0 Å². The summed E-state index contributed by atoms with van der Waals surface area (Å²) in [4.78, 5) is 23.1. The van der Waals surface area contributed by atoms with Gasteiger partial charge in [0, 0.05) is 18.3 Å². The number of anilines is 2. The lowest BCUT2D eigenvalue weighted by atomic mass is 10.0. The van der Waals surface area contributed by atoms with E-state index in [4.69, 9.17) is 4.74 Å². The van der Waals surface area contributed by atoms with E-state index in [2.05, 4.69) is 24.5 Å². The Kier molecular flexibility index (Phi) is 5.95. The van der Waals surface area contributed by atoms with Gasteiger partial charge in [-0.15, -0.1) is 0 Å². The van der Waals surface area contributed by atoms with E-state index in [0.29, 0.717) is 23.0 Å². The van der Waals surface area contributed by atoms with Crippen LogP contribution in [0.4, 0.5) is 11.4 Å². The zero-order chi connectivity index (χ0) is 17.5.